The van der Waals surface area contributed by atoms with Gasteiger partial charge in [0.15, 0.2) is 0 Å². The van der Waals surface area contributed by atoms with Crippen molar-refractivity contribution in [2.75, 3.05) is 18.5 Å². The summed E-state index contributed by atoms with van der Waals surface area (Å²) in [5, 5.41) is 6.30. The molecule has 112 valence electrons. The van der Waals surface area contributed by atoms with Crippen LogP contribution in [0.2, 0.25) is 5.02 Å². The van der Waals surface area contributed by atoms with Crippen molar-refractivity contribution < 1.29 is 0 Å². The molecule has 3 rings (SSSR count). The minimum atomic E-state index is 0.318. The molecule has 4 heteroatoms. The molecule has 2 unspecified atom stereocenters. The van der Waals surface area contributed by atoms with Gasteiger partial charge in [-0.25, -0.2) is 0 Å². The molecule has 1 N–H and O–H groups in total. The van der Waals surface area contributed by atoms with Gasteiger partial charge in [-0.3, -0.25) is 0 Å². The van der Waals surface area contributed by atoms with E-state index in [4.69, 9.17) is 11.6 Å². The van der Waals surface area contributed by atoms with Crippen molar-refractivity contribution in [3.63, 3.8) is 0 Å². The SMILES string of the molecule is CNC(C)c1ccc(N2CCc3sccc3C2C)c(Cl)c1. The molecule has 2 aromatic rings. The first-order chi connectivity index (χ1) is 10.1. The zero-order valence-electron chi connectivity index (χ0n) is 12.7. The molecule has 21 heavy (non-hydrogen) atoms. The number of hydrogen-bond acceptors (Lipinski definition) is 3. The molecule has 0 aliphatic carbocycles. The van der Waals surface area contributed by atoms with Crippen molar-refractivity contribution >= 4 is 28.6 Å². The number of benzene rings is 1. The van der Waals surface area contributed by atoms with E-state index in [0.717, 1.165) is 23.7 Å². The average molecular weight is 321 g/mol. The average Bonchev–Trinajstić information content (AvgIpc) is 2.97. The molecule has 0 spiro atoms. The van der Waals surface area contributed by atoms with Gasteiger partial charge >= 0.3 is 0 Å². The fraction of sp³-hybridized carbons (Fsp3) is 0.412. The van der Waals surface area contributed by atoms with Crippen LogP contribution in [0.4, 0.5) is 5.69 Å². The molecule has 0 amide bonds. The number of nitrogens with zero attached hydrogens (tertiary/aromatic N) is 1. The van der Waals surface area contributed by atoms with E-state index in [-0.39, 0.29) is 0 Å². The van der Waals surface area contributed by atoms with Gasteiger partial charge in [0.05, 0.1) is 16.8 Å². The lowest BCUT2D eigenvalue weighted by Crippen LogP contribution is -2.33. The Kier molecular flexibility index (Phi) is 4.25. The van der Waals surface area contributed by atoms with Crippen molar-refractivity contribution in [2.45, 2.75) is 32.4 Å². The zero-order chi connectivity index (χ0) is 15.0. The third kappa shape index (κ3) is 2.70. The molecular formula is C17H21ClN2S. The highest BCUT2D eigenvalue weighted by atomic mass is 35.5. The summed E-state index contributed by atoms with van der Waals surface area (Å²) in [4.78, 5) is 3.95. The number of halogens is 1. The Bertz CT molecular complexity index is 637. The Morgan fingerprint density at radius 2 is 2.19 bits per heavy atom. The summed E-state index contributed by atoms with van der Waals surface area (Å²) in [6.45, 7) is 5.45. The molecule has 0 bridgehead atoms. The molecule has 0 saturated carbocycles. The van der Waals surface area contributed by atoms with E-state index >= 15 is 0 Å². The molecule has 0 saturated heterocycles. The van der Waals surface area contributed by atoms with E-state index in [1.807, 2.05) is 18.4 Å². The number of thiophene rings is 1. The number of rotatable bonds is 3. The smallest absolute Gasteiger partial charge is 0.0643 e. The van der Waals surface area contributed by atoms with Gasteiger partial charge < -0.3 is 10.2 Å². The maximum atomic E-state index is 6.56. The summed E-state index contributed by atoms with van der Waals surface area (Å²) in [6, 6.07) is 9.40. The van der Waals surface area contributed by atoms with Crippen LogP contribution in [-0.2, 0) is 6.42 Å². The summed E-state index contributed by atoms with van der Waals surface area (Å²) in [6.07, 6.45) is 1.11. The molecule has 1 aliphatic rings. The molecule has 2 atom stereocenters. The lowest BCUT2D eigenvalue weighted by atomic mass is 10.00. The van der Waals surface area contributed by atoms with Gasteiger partial charge in [0.2, 0.25) is 0 Å². The van der Waals surface area contributed by atoms with Crippen molar-refractivity contribution in [3.8, 4) is 0 Å². The molecule has 1 aromatic heterocycles. The molecule has 2 nitrogen and oxygen atoms in total. The Labute approximate surface area is 135 Å². The standard InChI is InChI=1S/C17H21ClN2S/c1-11(19-3)13-4-5-16(15(18)10-13)20-8-6-17-14(12(20)2)7-9-21-17/h4-5,7,9-12,19H,6,8H2,1-3H3. The Morgan fingerprint density at radius 1 is 1.38 bits per heavy atom. The Morgan fingerprint density at radius 3 is 2.90 bits per heavy atom. The van der Waals surface area contributed by atoms with Crippen LogP contribution in [0, 0.1) is 0 Å². The van der Waals surface area contributed by atoms with Gasteiger partial charge in [0.25, 0.3) is 0 Å². The lowest BCUT2D eigenvalue weighted by molar-refractivity contribution is 0.630. The van der Waals surface area contributed by atoms with E-state index in [2.05, 4.69) is 53.7 Å². The fourth-order valence-electron chi connectivity index (χ4n) is 3.03. The molecule has 0 fully saturated rings. The topological polar surface area (TPSA) is 15.3 Å². The number of nitrogens with one attached hydrogen (secondary N) is 1. The molecular weight excluding hydrogens is 300 g/mol. The first-order valence-electron chi connectivity index (χ1n) is 7.41. The number of hydrogen-bond donors (Lipinski definition) is 1. The van der Waals surface area contributed by atoms with Crippen molar-refractivity contribution in [1.29, 1.82) is 0 Å². The van der Waals surface area contributed by atoms with Crippen LogP contribution < -0.4 is 10.2 Å². The van der Waals surface area contributed by atoms with Crippen molar-refractivity contribution in [3.05, 3.63) is 50.7 Å². The maximum absolute atomic E-state index is 6.56. The van der Waals surface area contributed by atoms with Gasteiger partial charge in [0.1, 0.15) is 0 Å². The van der Waals surface area contributed by atoms with Crippen LogP contribution in [0.3, 0.4) is 0 Å². The van der Waals surface area contributed by atoms with E-state index in [1.165, 1.54) is 16.0 Å². The lowest BCUT2D eigenvalue weighted by Gasteiger charge is -2.36. The van der Waals surface area contributed by atoms with Gasteiger partial charge in [-0.05, 0) is 62.0 Å². The molecule has 1 aliphatic heterocycles. The summed E-state index contributed by atoms with van der Waals surface area (Å²) >= 11 is 8.44. The monoisotopic (exact) mass is 320 g/mol. The van der Waals surface area contributed by atoms with Gasteiger partial charge in [-0.1, -0.05) is 17.7 Å². The molecule has 0 radical (unpaired) electrons. The summed E-state index contributed by atoms with van der Waals surface area (Å²) < 4.78 is 0. The van der Waals surface area contributed by atoms with Crippen LogP contribution in [0.25, 0.3) is 0 Å². The van der Waals surface area contributed by atoms with Crippen LogP contribution >= 0.6 is 22.9 Å². The third-order valence-corrected chi connectivity index (χ3v) is 5.79. The normalized spacial score (nSPS) is 19.4. The highest BCUT2D eigenvalue weighted by molar-refractivity contribution is 7.10. The van der Waals surface area contributed by atoms with Gasteiger partial charge in [-0.2, -0.15) is 0 Å². The second kappa shape index (κ2) is 5.99. The fourth-order valence-corrected chi connectivity index (χ4v) is 4.29. The predicted molar refractivity (Wildman–Crippen MR) is 92.7 cm³/mol. The zero-order valence-corrected chi connectivity index (χ0v) is 14.3. The summed E-state index contributed by atoms with van der Waals surface area (Å²) in [5.74, 6) is 0. The second-order valence-electron chi connectivity index (χ2n) is 5.64. The third-order valence-electron chi connectivity index (χ3n) is 4.49. The molecule has 2 heterocycles. The van der Waals surface area contributed by atoms with Crippen LogP contribution in [-0.4, -0.2) is 13.6 Å². The van der Waals surface area contributed by atoms with E-state index in [9.17, 15) is 0 Å². The largest absolute Gasteiger partial charge is 0.363 e. The minimum Gasteiger partial charge on any atom is -0.363 e. The Balaban J connectivity index is 1.91. The highest BCUT2D eigenvalue weighted by Crippen LogP contribution is 2.39. The van der Waals surface area contributed by atoms with Crippen LogP contribution in [0.5, 0.6) is 0 Å². The van der Waals surface area contributed by atoms with E-state index in [0.29, 0.717) is 12.1 Å². The van der Waals surface area contributed by atoms with Crippen molar-refractivity contribution in [2.24, 2.45) is 0 Å². The van der Waals surface area contributed by atoms with Gasteiger partial charge in [-0.15, -0.1) is 11.3 Å². The highest BCUT2D eigenvalue weighted by Gasteiger charge is 2.26. The number of fused-ring (bicyclic) bond motifs is 1. The number of anilines is 1. The molecule has 1 aromatic carbocycles. The van der Waals surface area contributed by atoms with Crippen LogP contribution in [0.1, 0.15) is 41.9 Å². The van der Waals surface area contributed by atoms with Crippen molar-refractivity contribution in [1.82, 2.24) is 5.32 Å². The minimum absolute atomic E-state index is 0.318. The van der Waals surface area contributed by atoms with Gasteiger partial charge in [0, 0.05) is 17.5 Å². The van der Waals surface area contributed by atoms with E-state index in [1.54, 1.807) is 0 Å². The maximum Gasteiger partial charge on any atom is 0.0643 e. The second-order valence-corrected chi connectivity index (χ2v) is 7.05. The summed E-state index contributed by atoms with van der Waals surface area (Å²) in [7, 11) is 1.97. The first kappa shape index (κ1) is 14.9. The van der Waals surface area contributed by atoms with E-state index < -0.39 is 0 Å². The Hall–Kier alpha value is -1.03. The summed E-state index contributed by atoms with van der Waals surface area (Å²) in [5.41, 5.74) is 3.83. The first-order valence-corrected chi connectivity index (χ1v) is 8.67. The predicted octanol–water partition coefficient (Wildman–Crippen LogP) is 4.81. The quantitative estimate of drug-likeness (QED) is 0.873. The van der Waals surface area contributed by atoms with Crippen LogP contribution in [0.15, 0.2) is 29.6 Å².